The number of para-hydroxylation sites is 2. The molecular formula is C44H64N2. The van der Waals surface area contributed by atoms with Gasteiger partial charge < -0.3 is 0 Å². The normalized spacial score (nSPS) is 11.3. The van der Waals surface area contributed by atoms with Gasteiger partial charge in [0.25, 0.3) is 0 Å². The van der Waals surface area contributed by atoms with Crippen molar-refractivity contribution in [2.24, 2.45) is 9.98 Å². The zero-order valence-corrected chi connectivity index (χ0v) is 29.9. The minimum atomic E-state index is 0.884. The zero-order chi connectivity index (χ0) is 32.8. The molecule has 0 bridgehead atoms. The van der Waals surface area contributed by atoms with Gasteiger partial charge in [-0.15, -0.1) is 23.7 Å². The van der Waals surface area contributed by atoms with Crippen molar-refractivity contribution >= 4 is 23.3 Å². The fourth-order valence-electron chi connectivity index (χ4n) is 5.60. The van der Waals surface area contributed by atoms with Crippen LogP contribution in [0.4, 0.5) is 11.4 Å². The third-order valence-corrected chi connectivity index (χ3v) is 8.49. The molecule has 46 heavy (non-hydrogen) atoms. The number of hydrogen-bond donors (Lipinski definition) is 0. The van der Waals surface area contributed by atoms with E-state index in [9.17, 15) is 0 Å². The van der Waals surface area contributed by atoms with E-state index in [1.54, 1.807) is 0 Å². The minimum absolute atomic E-state index is 0.884. The molecule has 0 amide bonds. The van der Waals surface area contributed by atoms with Gasteiger partial charge in [-0.25, -0.2) is 0 Å². The van der Waals surface area contributed by atoms with Crippen LogP contribution in [0.25, 0.3) is 0 Å². The predicted octanol–water partition coefficient (Wildman–Crippen LogP) is 13.5. The predicted molar refractivity (Wildman–Crippen MR) is 205 cm³/mol. The molecule has 0 unspecified atom stereocenters. The summed E-state index contributed by atoms with van der Waals surface area (Å²) >= 11 is 0. The quantitative estimate of drug-likeness (QED) is 0.0633. The van der Waals surface area contributed by atoms with Crippen molar-refractivity contribution in [1.82, 2.24) is 0 Å². The smallest absolute Gasteiger partial charge is 0.0665 e. The Morgan fingerprint density at radius 3 is 1.50 bits per heavy atom. The monoisotopic (exact) mass is 621 g/mol. The first kappa shape index (κ1) is 39.1. The van der Waals surface area contributed by atoms with Crippen molar-refractivity contribution in [3.8, 4) is 23.7 Å². The standard InChI is InChI=1S/C44H64N2/c1-4-7-10-13-16-18-20-22-25-32-40-34-28-30-37-43(40)45-39-42(36-27-24-15-12-9-6-3)46-44-38-31-29-35-41(44)33-26-23-21-19-17-14-11-8-5-2/h28-31,34-35,37-39H,4-19,24-27,32-33,36H2,1-3H3. The van der Waals surface area contributed by atoms with E-state index in [0.717, 1.165) is 68.5 Å². The Balaban J connectivity index is 2.07. The highest BCUT2D eigenvalue weighted by molar-refractivity contribution is 6.31. The van der Waals surface area contributed by atoms with Crippen LogP contribution in [0.15, 0.2) is 58.5 Å². The summed E-state index contributed by atoms with van der Waals surface area (Å²) in [6, 6.07) is 17.1. The van der Waals surface area contributed by atoms with Crippen molar-refractivity contribution in [3.63, 3.8) is 0 Å². The lowest BCUT2D eigenvalue weighted by atomic mass is 10.1. The molecule has 2 aromatic carbocycles. The topological polar surface area (TPSA) is 24.7 Å². The van der Waals surface area contributed by atoms with Crippen LogP contribution in [0.3, 0.4) is 0 Å². The van der Waals surface area contributed by atoms with Crippen molar-refractivity contribution in [2.75, 3.05) is 0 Å². The summed E-state index contributed by atoms with van der Waals surface area (Å²) in [5, 5.41) is 0. The van der Waals surface area contributed by atoms with Crippen molar-refractivity contribution in [2.45, 2.75) is 168 Å². The largest absolute Gasteiger partial charge is 0.255 e. The molecule has 0 aliphatic heterocycles. The van der Waals surface area contributed by atoms with E-state index in [-0.39, 0.29) is 0 Å². The summed E-state index contributed by atoms with van der Waals surface area (Å²) < 4.78 is 0. The van der Waals surface area contributed by atoms with E-state index < -0.39 is 0 Å². The van der Waals surface area contributed by atoms with Gasteiger partial charge in [0.15, 0.2) is 0 Å². The number of aliphatic imine (C=N–C) groups is 2. The molecule has 250 valence electrons. The molecule has 0 spiro atoms. The Morgan fingerprint density at radius 1 is 0.500 bits per heavy atom. The molecule has 0 atom stereocenters. The van der Waals surface area contributed by atoms with E-state index in [4.69, 9.17) is 9.98 Å². The molecule has 0 saturated carbocycles. The van der Waals surface area contributed by atoms with Crippen LogP contribution in [0, 0.1) is 23.7 Å². The number of unbranched alkanes of at least 4 members (excludes halogenated alkanes) is 15. The zero-order valence-electron chi connectivity index (χ0n) is 29.9. The van der Waals surface area contributed by atoms with Crippen LogP contribution in [-0.2, 0) is 12.8 Å². The van der Waals surface area contributed by atoms with Gasteiger partial charge in [-0.3, -0.25) is 9.98 Å². The molecule has 2 aromatic rings. The number of nitrogens with zero attached hydrogens (tertiary/aromatic N) is 2. The van der Waals surface area contributed by atoms with Gasteiger partial charge in [0.05, 0.1) is 17.1 Å². The molecule has 0 heterocycles. The van der Waals surface area contributed by atoms with E-state index in [2.05, 4.69) is 93.0 Å². The molecule has 0 aliphatic rings. The number of hydrogen-bond acceptors (Lipinski definition) is 2. The second-order valence-electron chi connectivity index (χ2n) is 12.7. The Hall–Kier alpha value is -3.10. The SMILES string of the molecule is CCCCCCCC#CCCc1ccccc1N=CC(CCCCCCCC)=Nc1ccccc1CCC#CCCCCCCC. The summed E-state index contributed by atoms with van der Waals surface area (Å²) in [4.78, 5) is 10.2. The summed E-state index contributed by atoms with van der Waals surface area (Å²) in [6.45, 7) is 6.81. The van der Waals surface area contributed by atoms with Crippen LogP contribution in [0.5, 0.6) is 0 Å². The maximum atomic E-state index is 5.21. The van der Waals surface area contributed by atoms with E-state index in [0.29, 0.717) is 0 Å². The highest BCUT2D eigenvalue weighted by Gasteiger charge is 2.05. The average Bonchev–Trinajstić information content (AvgIpc) is 3.08. The summed E-state index contributed by atoms with van der Waals surface area (Å²) in [5.74, 6) is 13.6. The summed E-state index contributed by atoms with van der Waals surface area (Å²) in [6.07, 6.45) is 29.3. The van der Waals surface area contributed by atoms with Crippen molar-refractivity contribution in [3.05, 3.63) is 59.7 Å². The van der Waals surface area contributed by atoms with E-state index in [1.807, 2.05) is 6.21 Å². The molecule has 0 N–H and O–H groups in total. The lowest BCUT2D eigenvalue weighted by Gasteiger charge is -2.08. The Morgan fingerprint density at radius 2 is 0.935 bits per heavy atom. The van der Waals surface area contributed by atoms with Crippen LogP contribution in [-0.4, -0.2) is 11.9 Å². The average molecular weight is 621 g/mol. The third kappa shape index (κ3) is 19.4. The first-order valence-electron chi connectivity index (χ1n) is 19.0. The summed E-state index contributed by atoms with van der Waals surface area (Å²) in [7, 11) is 0. The van der Waals surface area contributed by atoms with Crippen LogP contribution in [0.2, 0.25) is 0 Å². The molecule has 0 fully saturated rings. The molecule has 2 nitrogen and oxygen atoms in total. The second-order valence-corrected chi connectivity index (χ2v) is 12.7. The van der Waals surface area contributed by atoms with Crippen molar-refractivity contribution in [1.29, 1.82) is 0 Å². The Labute approximate surface area is 284 Å². The van der Waals surface area contributed by atoms with Gasteiger partial charge in [-0.1, -0.05) is 141 Å². The molecule has 0 aliphatic carbocycles. The van der Waals surface area contributed by atoms with Gasteiger partial charge in [0, 0.05) is 31.9 Å². The first-order valence-corrected chi connectivity index (χ1v) is 19.0. The van der Waals surface area contributed by atoms with E-state index in [1.165, 1.54) is 107 Å². The fourth-order valence-corrected chi connectivity index (χ4v) is 5.60. The van der Waals surface area contributed by atoms with Gasteiger partial charge in [0.2, 0.25) is 0 Å². The third-order valence-electron chi connectivity index (χ3n) is 8.49. The van der Waals surface area contributed by atoms with Crippen LogP contribution < -0.4 is 0 Å². The van der Waals surface area contributed by atoms with Gasteiger partial charge in [-0.05, 0) is 61.8 Å². The van der Waals surface area contributed by atoms with Gasteiger partial charge in [-0.2, -0.15) is 0 Å². The number of benzene rings is 2. The maximum Gasteiger partial charge on any atom is 0.0665 e. The molecule has 2 heteroatoms. The summed E-state index contributed by atoms with van der Waals surface area (Å²) in [5.41, 5.74) is 5.71. The Kier molecular flexibility index (Phi) is 23.9. The molecular weight excluding hydrogens is 556 g/mol. The lowest BCUT2D eigenvalue weighted by Crippen LogP contribution is -2.01. The Bertz CT molecular complexity index is 1230. The van der Waals surface area contributed by atoms with Gasteiger partial charge in [0.1, 0.15) is 0 Å². The number of rotatable bonds is 24. The molecule has 0 aromatic heterocycles. The highest BCUT2D eigenvalue weighted by atomic mass is 14.8. The second kappa shape index (κ2) is 28.1. The first-order chi connectivity index (χ1) is 22.8. The maximum absolute atomic E-state index is 5.21. The number of aryl methyl sites for hydroxylation is 2. The minimum Gasteiger partial charge on any atom is -0.255 e. The molecule has 0 saturated heterocycles. The fraction of sp³-hybridized carbons (Fsp3) is 0.591. The van der Waals surface area contributed by atoms with Gasteiger partial charge >= 0.3 is 0 Å². The lowest BCUT2D eigenvalue weighted by molar-refractivity contribution is 0.616. The molecule has 0 radical (unpaired) electrons. The van der Waals surface area contributed by atoms with Crippen LogP contribution in [0.1, 0.15) is 167 Å². The molecule has 2 rings (SSSR count). The van der Waals surface area contributed by atoms with Crippen molar-refractivity contribution < 1.29 is 0 Å². The van der Waals surface area contributed by atoms with Crippen LogP contribution >= 0.6 is 0 Å². The highest BCUT2D eigenvalue weighted by Crippen LogP contribution is 2.23. The van der Waals surface area contributed by atoms with E-state index >= 15 is 0 Å².